The monoisotopic (exact) mass is 620 g/mol. The first-order valence-corrected chi connectivity index (χ1v) is 16.1. The van der Waals surface area contributed by atoms with Crippen molar-refractivity contribution in [3.05, 3.63) is 146 Å². The summed E-state index contributed by atoms with van der Waals surface area (Å²) < 4.78 is 2.22. The first kappa shape index (κ1) is 27.2. The molecule has 6 nitrogen and oxygen atoms in total. The van der Waals surface area contributed by atoms with E-state index in [0.717, 1.165) is 70.3 Å². The Labute approximate surface area is 274 Å². The number of hydrogen-bond acceptors (Lipinski definition) is 7. The molecule has 9 rings (SSSR count). The molecule has 0 aliphatic carbocycles. The molecule has 7 heteroatoms. The van der Waals surface area contributed by atoms with Gasteiger partial charge in [-0.15, -0.1) is 11.3 Å². The van der Waals surface area contributed by atoms with Crippen LogP contribution in [0.25, 0.3) is 87.8 Å². The SMILES string of the molecule is c1ccc(-c2nc(-c3ccccc3)nc(-c3ccc(-c4cc5sc6cnccc6c5nc4-c4cc5ccccc5cn4)cc3)n2)cc1. The average molecular weight is 621 g/mol. The molecular formula is C40H24N6S. The Balaban J connectivity index is 1.19. The third-order valence-corrected chi connectivity index (χ3v) is 9.35. The highest BCUT2D eigenvalue weighted by Crippen LogP contribution is 2.40. The number of benzene rings is 4. The van der Waals surface area contributed by atoms with E-state index in [0.29, 0.717) is 17.5 Å². The first-order valence-electron chi connectivity index (χ1n) is 15.3. The predicted octanol–water partition coefficient (Wildman–Crippen LogP) is 9.91. The molecule has 0 fully saturated rings. The summed E-state index contributed by atoms with van der Waals surface area (Å²) in [5.41, 5.74) is 7.45. The van der Waals surface area contributed by atoms with Crippen LogP contribution in [0.1, 0.15) is 0 Å². The van der Waals surface area contributed by atoms with Gasteiger partial charge in [-0.1, -0.05) is 109 Å². The van der Waals surface area contributed by atoms with Gasteiger partial charge in [-0.25, -0.2) is 19.9 Å². The molecule has 9 aromatic rings. The van der Waals surface area contributed by atoms with Crippen LogP contribution >= 0.6 is 11.3 Å². The van der Waals surface area contributed by atoms with E-state index < -0.39 is 0 Å². The van der Waals surface area contributed by atoms with Gasteiger partial charge in [0.15, 0.2) is 17.5 Å². The van der Waals surface area contributed by atoms with Gasteiger partial charge in [-0.05, 0) is 29.1 Å². The minimum absolute atomic E-state index is 0.617. The van der Waals surface area contributed by atoms with E-state index in [1.54, 1.807) is 11.3 Å². The van der Waals surface area contributed by atoms with Crippen molar-refractivity contribution in [1.29, 1.82) is 0 Å². The highest BCUT2D eigenvalue weighted by molar-refractivity contribution is 7.25. The van der Waals surface area contributed by atoms with E-state index in [1.807, 2.05) is 91.4 Å². The van der Waals surface area contributed by atoms with Crippen molar-refractivity contribution in [3.8, 4) is 56.7 Å². The minimum Gasteiger partial charge on any atom is -0.263 e. The zero-order valence-corrected chi connectivity index (χ0v) is 25.8. The van der Waals surface area contributed by atoms with Crippen molar-refractivity contribution < 1.29 is 0 Å². The zero-order chi connectivity index (χ0) is 31.2. The molecule has 0 saturated heterocycles. The van der Waals surface area contributed by atoms with Crippen LogP contribution in [0.5, 0.6) is 0 Å². The number of rotatable bonds is 5. The Morgan fingerprint density at radius 1 is 0.468 bits per heavy atom. The Hall–Kier alpha value is -6.18. The van der Waals surface area contributed by atoms with E-state index in [1.165, 1.54) is 0 Å². The van der Waals surface area contributed by atoms with Crippen LogP contribution in [-0.4, -0.2) is 29.9 Å². The Morgan fingerprint density at radius 2 is 1.06 bits per heavy atom. The molecule has 4 aromatic carbocycles. The van der Waals surface area contributed by atoms with Crippen molar-refractivity contribution in [3.63, 3.8) is 0 Å². The molecule has 220 valence electrons. The van der Waals surface area contributed by atoms with Gasteiger partial charge in [0.05, 0.1) is 26.3 Å². The summed E-state index contributed by atoms with van der Waals surface area (Å²) in [4.78, 5) is 29.2. The lowest BCUT2D eigenvalue weighted by atomic mass is 9.99. The second-order valence-electron chi connectivity index (χ2n) is 11.2. The second-order valence-corrected chi connectivity index (χ2v) is 12.3. The summed E-state index contributed by atoms with van der Waals surface area (Å²) >= 11 is 1.70. The molecule has 0 atom stereocenters. The number of pyridine rings is 3. The fraction of sp³-hybridized carbons (Fsp3) is 0. The summed E-state index contributed by atoms with van der Waals surface area (Å²) in [7, 11) is 0. The van der Waals surface area contributed by atoms with Gasteiger partial charge in [-0.3, -0.25) is 9.97 Å². The van der Waals surface area contributed by atoms with Crippen molar-refractivity contribution >= 4 is 42.4 Å². The molecule has 0 aliphatic rings. The molecule has 47 heavy (non-hydrogen) atoms. The third-order valence-electron chi connectivity index (χ3n) is 8.27. The van der Waals surface area contributed by atoms with Gasteiger partial charge >= 0.3 is 0 Å². The van der Waals surface area contributed by atoms with E-state index in [9.17, 15) is 0 Å². The number of nitrogens with zero attached hydrogens (tertiary/aromatic N) is 6. The fourth-order valence-corrected chi connectivity index (χ4v) is 6.96. The zero-order valence-electron chi connectivity index (χ0n) is 24.9. The molecule has 0 saturated carbocycles. The molecule has 0 N–H and O–H groups in total. The van der Waals surface area contributed by atoms with Crippen LogP contribution in [0, 0.1) is 0 Å². The highest BCUT2D eigenvalue weighted by atomic mass is 32.1. The van der Waals surface area contributed by atoms with Gasteiger partial charge < -0.3 is 0 Å². The molecule has 0 amide bonds. The Kier molecular flexibility index (Phi) is 6.54. The predicted molar refractivity (Wildman–Crippen MR) is 191 cm³/mol. The van der Waals surface area contributed by atoms with Crippen molar-refractivity contribution in [1.82, 2.24) is 29.9 Å². The lowest BCUT2D eigenvalue weighted by molar-refractivity contribution is 1.07. The Bertz CT molecular complexity index is 2510. The van der Waals surface area contributed by atoms with Gasteiger partial charge in [0, 0.05) is 51.6 Å². The van der Waals surface area contributed by atoms with E-state index in [4.69, 9.17) is 24.9 Å². The molecule has 5 aromatic heterocycles. The number of hydrogen-bond donors (Lipinski definition) is 0. The van der Waals surface area contributed by atoms with Gasteiger partial charge in [0.25, 0.3) is 0 Å². The van der Waals surface area contributed by atoms with Crippen LogP contribution in [0.3, 0.4) is 0 Å². The lowest BCUT2D eigenvalue weighted by Crippen LogP contribution is -2.00. The molecule has 0 bridgehead atoms. The molecule has 0 radical (unpaired) electrons. The number of fused-ring (bicyclic) bond motifs is 4. The van der Waals surface area contributed by atoms with Crippen LogP contribution in [0.15, 0.2) is 146 Å². The first-order chi connectivity index (χ1) is 23.3. The van der Waals surface area contributed by atoms with E-state index in [-0.39, 0.29) is 0 Å². The van der Waals surface area contributed by atoms with Crippen LogP contribution < -0.4 is 0 Å². The van der Waals surface area contributed by atoms with Crippen LogP contribution in [-0.2, 0) is 0 Å². The van der Waals surface area contributed by atoms with Gasteiger partial charge in [0.1, 0.15) is 0 Å². The molecule has 0 aliphatic heterocycles. The fourth-order valence-electron chi connectivity index (χ4n) is 5.91. The quantitative estimate of drug-likeness (QED) is 0.191. The summed E-state index contributed by atoms with van der Waals surface area (Å²) in [6.45, 7) is 0. The number of aromatic nitrogens is 6. The molecule has 5 heterocycles. The van der Waals surface area contributed by atoms with Gasteiger partial charge in [-0.2, -0.15) is 0 Å². The highest BCUT2D eigenvalue weighted by Gasteiger charge is 2.18. The van der Waals surface area contributed by atoms with E-state index >= 15 is 0 Å². The van der Waals surface area contributed by atoms with E-state index in [2.05, 4.69) is 59.6 Å². The van der Waals surface area contributed by atoms with Gasteiger partial charge in [0.2, 0.25) is 0 Å². The van der Waals surface area contributed by atoms with Crippen molar-refractivity contribution in [2.75, 3.05) is 0 Å². The standard InChI is InChI=1S/C40H24N6S/c1-3-9-26(10-4-1)38-44-39(27-11-5-2-6-12-27)46-40(45-38)28-17-15-25(16-18-28)32-22-34-37(31-19-20-41-24-35(31)47-34)43-36(32)33-21-29-13-7-8-14-30(29)23-42-33/h1-24H. The smallest absolute Gasteiger partial charge is 0.164 e. The summed E-state index contributed by atoms with van der Waals surface area (Å²) in [5.74, 6) is 1.89. The summed E-state index contributed by atoms with van der Waals surface area (Å²) in [6, 6.07) is 43.1. The Morgan fingerprint density at radius 3 is 1.74 bits per heavy atom. The molecular weight excluding hydrogens is 597 g/mol. The second kappa shape index (κ2) is 11.3. The lowest BCUT2D eigenvalue weighted by Gasteiger charge is -2.12. The minimum atomic E-state index is 0.617. The maximum atomic E-state index is 5.27. The third kappa shape index (κ3) is 4.99. The van der Waals surface area contributed by atoms with Crippen molar-refractivity contribution in [2.24, 2.45) is 0 Å². The topological polar surface area (TPSA) is 77.3 Å². The average Bonchev–Trinajstić information content (AvgIpc) is 3.52. The van der Waals surface area contributed by atoms with Crippen LogP contribution in [0.4, 0.5) is 0 Å². The van der Waals surface area contributed by atoms with Crippen molar-refractivity contribution in [2.45, 2.75) is 0 Å². The largest absolute Gasteiger partial charge is 0.263 e. The maximum Gasteiger partial charge on any atom is 0.164 e. The maximum absolute atomic E-state index is 5.27. The van der Waals surface area contributed by atoms with Crippen LogP contribution in [0.2, 0.25) is 0 Å². The molecule has 0 spiro atoms. The summed E-state index contributed by atoms with van der Waals surface area (Å²) in [6.07, 6.45) is 5.66. The number of thiophene rings is 1. The normalized spacial score (nSPS) is 11.4. The molecule has 0 unspecified atom stereocenters. The summed E-state index contributed by atoms with van der Waals surface area (Å²) in [5, 5.41) is 3.32.